The molecule has 4 nitrogen and oxygen atoms in total. The van der Waals surface area contributed by atoms with Crippen LogP contribution in [0.15, 0.2) is 24.3 Å². The van der Waals surface area contributed by atoms with Crippen LogP contribution in [0.2, 0.25) is 0 Å². The summed E-state index contributed by atoms with van der Waals surface area (Å²) < 4.78 is 21.3. The molecule has 1 rings (SSSR count). The van der Waals surface area contributed by atoms with Gasteiger partial charge in [-0.1, -0.05) is 12.1 Å². The molecule has 0 fully saturated rings. The van der Waals surface area contributed by atoms with Crippen LogP contribution in [0.1, 0.15) is 12.0 Å². The van der Waals surface area contributed by atoms with Gasteiger partial charge >= 0.3 is 0 Å². The van der Waals surface area contributed by atoms with E-state index in [4.69, 9.17) is 9.66 Å². The van der Waals surface area contributed by atoms with E-state index in [2.05, 4.69) is 4.72 Å². The third kappa shape index (κ3) is 3.87. The van der Waals surface area contributed by atoms with Crippen LogP contribution in [-0.2, 0) is 17.7 Å². The van der Waals surface area contributed by atoms with Gasteiger partial charge in [0.05, 0.1) is 0 Å². The van der Waals surface area contributed by atoms with E-state index in [0.717, 1.165) is 18.4 Å². The van der Waals surface area contributed by atoms with E-state index >= 15 is 0 Å². The van der Waals surface area contributed by atoms with Gasteiger partial charge in [-0.2, -0.15) is 0 Å². The van der Waals surface area contributed by atoms with E-state index in [-0.39, 0.29) is 6.61 Å². The van der Waals surface area contributed by atoms with Gasteiger partial charge < -0.3 is 5.11 Å². The van der Waals surface area contributed by atoms with Gasteiger partial charge in [0.15, 0.2) is 0 Å². The molecule has 1 atom stereocenters. The Hall–Kier alpha value is -0.910. The summed E-state index contributed by atoms with van der Waals surface area (Å²) in [5, 5.41) is 8.62. The van der Waals surface area contributed by atoms with Crippen molar-refractivity contribution in [2.45, 2.75) is 12.8 Å². The zero-order valence-corrected chi connectivity index (χ0v) is 8.46. The maximum Gasteiger partial charge on any atom is 0.259 e. The fourth-order valence-electron chi connectivity index (χ4n) is 1.12. The van der Waals surface area contributed by atoms with E-state index in [1.807, 2.05) is 12.1 Å². The van der Waals surface area contributed by atoms with E-state index in [1.165, 1.54) is 0 Å². The molecule has 1 aromatic rings. The minimum absolute atomic E-state index is 0.181. The van der Waals surface area contributed by atoms with Crippen LogP contribution in [0.4, 0.5) is 5.69 Å². The quantitative estimate of drug-likeness (QED) is 0.645. The van der Waals surface area contributed by atoms with Crippen molar-refractivity contribution in [2.24, 2.45) is 0 Å². The molecule has 0 aromatic heterocycles. The Labute approximate surface area is 85.4 Å². The van der Waals surface area contributed by atoms with Crippen LogP contribution in [0.5, 0.6) is 0 Å². The highest BCUT2D eigenvalue weighted by molar-refractivity contribution is 7.80. The molecule has 1 aromatic carbocycles. The van der Waals surface area contributed by atoms with Gasteiger partial charge in [-0.25, -0.2) is 4.21 Å². The topological polar surface area (TPSA) is 69.6 Å². The average molecular weight is 215 g/mol. The molecule has 5 heteroatoms. The second-order valence-corrected chi connectivity index (χ2v) is 3.58. The van der Waals surface area contributed by atoms with E-state index in [1.54, 1.807) is 12.1 Å². The van der Waals surface area contributed by atoms with Gasteiger partial charge in [0.25, 0.3) is 11.3 Å². The van der Waals surface area contributed by atoms with Crippen LogP contribution in [0, 0.1) is 0 Å². The monoisotopic (exact) mass is 215 g/mol. The fraction of sp³-hybridized carbons (Fsp3) is 0.333. The Bertz CT molecular complexity index is 299. The molecule has 0 aliphatic carbocycles. The zero-order chi connectivity index (χ0) is 10.4. The number of hydrogen-bond donors (Lipinski definition) is 3. The predicted octanol–water partition coefficient (Wildman–Crippen LogP) is 1.16. The molecule has 0 amide bonds. The molecule has 0 radical (unpaired) electrons. The molecule has 0 saturated heterocycles. The first-order valence-electron chi connectivity index (χ1n) is 4.29. The summed E-state index contributed by atoms with van der Waals surface area (Å²) in [5.74, 6) is 0. The van der Waals surface area contributed by atoms with Gasteiger partial charge in [-0.15, -0.1) is 0 Å². The van der Waals surface area contributed by atoms with Crippen LogP contribution in [-0.4, -0.2) is 20.5 Å². The summed E-state index contributed by atoms with van der Waals surface area (Å²) in [4.78, 5) is 0. The molecule has 0 saturated carbocycles. The second-order valence-electron chi connectivity index (χ2n) is 2.88. The molecular weight excluding hydrogens is 202 g/mol. The summed E-state index contributed by atoms with van der Waals surface area (Å²) in [6.45, 7) is 0.181. The molecule has 78 valence electrons. The molecule has 14 heavy (non-hydrogen) atoms. The summed E-state index contributed by atoms with van der Waals surface area (Å²) in [5.41, 5.74) is 1.71. The lowest BCUT2D eigenvalue weighted by Gasteiger charge is -2.03. The number of rotatable bonds is 5. The number of anilines is 1. The Morgan fingerprint density at radius 3 is 2.43 bits per heavy atom. The molecule has 1 unspecified atom stereocenters. The fourth-order valence-corrected chi connectivity index (χ4v) is 1.46. The lowest BCUT2D eigenvalue weighted by atomic mass is 10.1. The van der Waals surface area contributed by atoms with Crippen molar-refractivity contribution in [3.05, 3.63) is 29.8 Å². The van der Waals surface area contributed by atoms with E-state index in [0.29, 0.717) is 5.69 Å². The number of nitrogens with one attached hydrogen (secondary N) is 1. The highest BCUT2D eigenvalue weighted by Gasteiger charge is 1.96. The van der Waals surface area contributed by atoms with E-state index < -0.39 is 11.3 Å². The average Bonchev–Trinajstić information content (AvgIpc) is 2.16. The smallest absolute Gasteiger partial charge is 0.259 e. The Balaban J connectivity index is 2.54. The Morgan fingerprint density at radius 1 is 1.29 bits per heavy atom. The summed E-state index contributed by atoms with van der Waals surface area (Å²) >= 11 is -2.02. The van der Waals surface area contributed by atoms with Crippen LogP contribution >= 0.6 is 0 Å². The van der Waals surface area contributed by atoms with Crippen LogP contribution in [0.3, 0.4) is 0 Å². The lowest BCUT2D eigenvalue weighted by molar-refractivity contribution is 0.288. The van der Waals surface area contributed by atoms with Crippen molar-refractivity contribution >= 4 is 17.0 Å². The number of aryl methyl sites for hydroxylation is 1. The molecule has 0 bridgehead atoms. The zero-order valence-electron chi connectivity index (χ0n) is 7.64. The largest absolute Gasteiger partial charge is 0.396 e. The van der Waals surface area contributed by atoms with Gasteiger partial charge in [-0.3, -0.25) is 9.27 Å². The minimum atomic E-state index is -2.02. The van der Waals surface area contributed by atoms with Crippen molar-refractivity contribution in [3.63, 3.8) is 0 Å². The van der Waals surface area contributed by atoms with Crippen molar-refractivity contribution in [1.82, 2.24) is 0 Å². The summed E-state index contributed by atoms with van der Waals surface area (Å²) in [6, 6.07) is 7.21. The first-order chi connectivity index (χ1) is 6.72. The first-order valence-corrected chi connectivity index (χ1v) is 5.40. The lowest BCUT2D eigenvalue weighted by Crippen LogP contribution is -2.01. The third-order valence-electron chi connectivity index (χ3n) is 1.78. The normalized spacial score (nSPS) is 12.4. The Morgan fingerprint density at radius 2 is 1.93 bits per heavy atom. The second kappa shape index (κ2) is 5.74. The summed E-state index contributed by atoms with van der Waals surface area (Å²) in [6.07, 6.45) is 1.55. The molecule has 0 aliphatic rings. The van der Waals surface area contributed by atoms with Crippen molar-refractivity contribution in [1.29, 1.82) is 0 Å². The highest BCUT2D eigenvalue weighted by atomic mass is 32.2. The predicted molar refractivity (Wildman–Crippen MR) is 56.2 cm³/mol. The Kier molecular flexibility index (Phi) is 4.58. The van der Waals surface area contributed by atoms with Crippen molar-refractivity contribution in [2.75, 3.05) is 11.3 Å². The standard InChI is InChI=1S/C9H13NO3S/c11-7-1-2-8-3-5-9(6-4-8)10-14(12)13/h3-6,10-11H,1-2,7H2,(H,12,13). The number of aliphatic hydroxyl groups excluding tert-OH is 1. The van der Waals surface area contributed by atoms with Gasteiger partial charge in [-0.05, 0) is 30.5 Å². The molecule has 0 heterocycles. The van der Waals surface area contributed by atoms with Crippen LogP contribution < -0.4 is 4.72 Å². The first kappa shape index (κ1) is 11.2. The maximum absolute atomic E-state index is 10.4. The van der Waals surface area contributed by atoms with Crippen LogP contribution in [0.25, 0.3) is 0 Å². The number of aliphatic hydroxyl groups is 1. The SMILES string of the molecule is O=S(O)Nc1ccc(CCCO)cc1. The molecule has 3 N–H and O–H groups in total. The highest BCUT2D eigenvalue weighted by Crippen LogP contribution is 2.11. The maximum atomic E-state index is 10.4. The minimum Gasteiger partial charge on any atom is -0.396 e. The molecule has 0 aliphatic heterocycles. The van der Waals surface area contributed by atoms with Gasteiger partial charge in [0.1, 0.15) is 0 Å². The van der Waals surface area contributed by atoms with Gasteiger partial charge in [0, 0.05) is 12.3 Å². The number of hydrogen-bond acceptors (Lipinski definition) is 2. The third-order valence-corrected chi connectivity index (χ3v) is 2.19. The van der Waals surface area contributed by atoms with E-state index in [9.17, 15) is 4.21 Å². The van der Waals surface area contributed by atoms with Gasteiger partial charge in [0.2, 0.25) is 0 Å². The van der Waals surface area contributed by atoms with Crippen molar-refractivity contribution in [3.8, 4) is 0 Å². The molecule has 0 spiro atoms. The molecular formula is C9H13NO3S. The summed E-state index contributed by atoms with van der Waals surface area (Å²) in [7, 11) is 0. The number of benzene rings is 1. The van der Waals surface area contributed by atoms with Crippen molar-refractivity contribution < 1.29 is 13.9 Å².